The zero-order valence-corrected chi connectivity index (χ0v) is 23.7. The van der Waals surface area contributed by atoms with Crippen molar-refractivity contribution in [3.63, 3.8) is 0 Å². The van der Waals surface area contributed by atoms with E-state index >= 15 is 0 Å². The van der Waals surface area contributed by atoms with Gasteiger partial charge < -0.3 is 15.5 Å². The van der Waals surface area contributed by atoms with Crippen molar-refractivity contribution in [2.24, 2.45) is 0 Å². The molecule has 0 bridgehead atoms. The van der Waals surface area contributed by atoms with E-state index in [9.17, 15) is 22.0 Å². The summed E-state index contributed by atoms with van der Waals surface area (Å²) >= 11 is 0. The van der Waals surface area contributed by atoms with Crippen LogP contribution in [0.5, 0.6) is 0 Å². The number of aromatic nitrogens is 3. The molecule has 3 aromatic heterocycles. The number of pyridine rings is 3. The minimum atomic E-state index is -3.47. The molecular weight excluding hydrogens is 550 g/mol. The number of aryl methyl sites for hydroxylation is 1. The highest BCUT2D eigenvalue weighted by atomic mass is 32.2. The van der Waals surface area contributed by atoms with E-state index in [4.69, 9.17) is 4.98 Å². The van der Waals surface area contributed by atoms with Crippen molar-refractivity contribution in [2.45, 2.75) is 36.7 Å². The van der Waals surface area contributed by atoms with Gasteiger partial charge in [0.15, 0.2) is 9.84 Å². The van der Waals surface area contributed by atoms with Crippen molar-refractivity contribution in [3.8, 4) is 11.4 Å². The number of alkyl halides is 2. The van der Waals surface area contributed by atoms with Crippen molar-refractivity contribution in [1.82, 2.24) is 25.6 Å². The molecule has 0 radical (unpaired) electrons. The van der Waals surface area contributed by atoms with Crippen LogP contribution in [0.2, 0.25) is 0 Å². The molecule has 4 heterocycles. The second-order valence-electron chi connectivity index (χ2n) is 10.2. The summed E-state index contributed by atoms with van der Waals surface area (Å²) in [7, 11) is -1.92. The molecule has 214 valence electrons. The number of carbonyl (C=O) groups excluding carboxylic acids is 1. The third-order valence-electron chi connectivity index (χ3n) is 7.18. The predicted molar refractivity (Wildman–Crippen MR) is 153 cm³/mol. The van der Waals surface area contributed by atoms with E-state index in [-0.39, 0.29) is 17.0 Å². The van der Waals surface area contributed by atoms with Gasteiger partial charge in [0.05, 0.1) is 46.6 Å². The Morgan fingerprint density at radius 2 is 1.88 bits per heavy atom. The van der Waals surface area contributed by atoms with Crippen molar-refractivity contribution in [3.05, 3.63) is 77.6 Å². The average Bonchev–Trinajstić information content (AvgIpc) is 2.94. The molecule has 1 fully saturated rings. The van der Waals surface area contributed by atoms with Crippen molar-refractivity contribution in [2.75, 3.05) is 31.3 Å². The van der Waals surface area contributed by atoms with E-state index in [2.05, 4.69) is 20.6 Å². The SMILES string of the molecule is CN[C@@H]1CCN(c2cccc(-c3ccc4cnc(CNC(=O)c5ccc(C)c(S(C)(=O)=O)c5)cc4n3)n2)CC1(F)F. The van der Waals surface area contributed by atoms with Gasteiger partial charge in [0, 0.05) is 29.9 Å². The Bertz CT molecular complexity index is 1730. The number of halogens is 2. The molecule has 12 heteroatoms. The fraction of sp³-hybridized carbons (Fsp3) is 0.310. The van der Waals surface area contributed by atoms with Crippen LogP contribution in [0.4, 0.5) is 14.6 Å². The zero-order chi connectivity index (χ0) is 29.4. The largest absolute Gasteiger partial charge is 0.350 e. The Morgan fingerprint density at radius 3 is 2.61 bits per heavy atom. The van der Waals surface area contributed by atoms with Crippen LogP contribution in [0.1, 0.15) is 28.0 Å². The smallest absolute Gasteiger partial charge is 0.280 e. The second kappa shape index (κ2) is 11.1. The number of anilines is 1. The molecule has 2 N–H and O–H groups in total. The van der Waals surface area contributed by atoms with Crippen molar-refractivity contribution >= 4 is 32.5 Å². The van der Waals surface area contributed by atoms with Crippen LogP contribution in [0.3, 0.4) is 0 Å². The van der Waals surface area contributed by atoms with Crippen LogP contribution in [0.25, 0.3) is 22.3 Å². The average molecular weight is 581 g/mol. The molecule has 1 amide bonds. The molecule has 9 nitrogen and oxygen atoms in total. The lowest BCUT2D eigenvalue weighted by atomic mass is 10.0. The summed E-state index contributed by atoms with van der Waals surface area (Å²) in [6.45, 7) is 1.82. The van der Waals surface area contributed by atoms with E-state index < -0.39 is 34.3 Å². The summed E-state index contributed by atoms with van der Waals surface area (Å²) in [4.78, 5) is 28.2. The summed E-state index contributed by atoms with van der Waals surface area (Å²) in [6.07, 6.45) is 3.06. The summed E-state index contributed by atoms with van der Waals surface area (Å²) in [6, 6.07) is 14.4. The van der Waals surface area contributed by atoms with Crippen molar-refractivity contribution in [1.29, 1.82) is 0 Å². The topological polar surface area (TPSA) is 117 Å². The number of nitrogens with one attached hydrogen (secondary N) is 2. The first-order chi connectivity index (χ1) is 19.4. The number of rotatable bonds is 7. The van der Waals surface area contributed by atoms with Gasteiger partial charge in [0.1, 0.15) is 5.82 Å². The van der Waals surface area contributed by atoms with Gasteiger partial charge in [-0.25, -0.2) is 27.2 Å². The quantitative estimate of drug-likeness (QED) is 0.339. The number of amides is 1. The molecule has 1 aliphatic rings. The maximum Gasteiger partial charge on any atom is 0.280 e. The van der Waals surface area contributed by atoms with Crippen molar-refractivity contribution < 1.29 is 22.0 Å². The fourth-order valence-corrected chi connectivity index (χ4v) is 5.94. The van der Waals surface area contributed by atoms with Gasteiger partial charge in [-0.2, -0.15) is 0 Å². The molecule has 0 aliphatic carbocycles. The van der Waals surface area contributed by atoms with Crippen LogP contribution in [0, 0.1) is 6.92 Å². The molecule has 4 aromatic rings. The maximum atomic E-state index is 14.5. The number of benzene rings is 1. The Morgan fingerprint density at radius 1 is 1.10 bits per heavy atom. The number of piperidine rings is 1. The summed E-state index contributed by atoms with van der Waals surface area (Å²) < 4.78 is 53.1. The van der Waals surface area contributed by atoms with Gasteiger partial charge in [-0.05, 0) is 68.4 Å². The first-order valence-electron chi connectivity index (χ1n) is 13.1. The highest BCUT2D eigenvalue weighted by Crippen LogP contribution is 2.31. The van der Waals surface area contributed by atoms with E-state index in [0.29, 0.717) is 46.9 Å². The predicted octanol–water partition coefficient (Wildman–Crippen LogP) is 3.77. The Labute approximate surface area is 237 Å². The molecule has 0 unspecified atom stereocenters. The number of hydrogen-bond donors (Lipinski definition) is 2. The van der Waals surface area contributed by atoms with Crippen LogP contribution in [0.15, 0.2) is 65.7 Å². The lowest BCUT2D eigenvalue weighted by molar-refractivity contribution is -0.0404. The standard InChI is InChI=1S/C29H30F2N6O3S/c1-18-7-8-19(13-25(18)41(3,39)40)28(38)34-16-21-14-24-20(15-33-21)9-10-23(35-24)22-5-4-6-27(36-22)37-12-11-26(32-2)29(30,31)17-37/h4-10,13-15,26,32H,11-12,16-17H2,1-3H3,(H,34,38)/t26-/m1/s1. The molecule has 0 spiro atoms. The minimum Gasteiger partial charge on any atom is -0.350 e. The first kappa shape index (κ1) is 28.5. The third-order valence-corrected chi connectivity index (χ3v) is 8.42. The molecular formula is C29H30F2N6O3S. The lowest BCUT2D eigenvalue weighted by Gasteiger charge is -2.38. The highest BCUT2D eigenvalue weighted by Gasteiger charge is 2.44. The Balaban J connectivity index is 1.33. The number of sulfone groups is 1. The fourth-order valence-electron chi connectivity index (χ4n) is 4.94. The van der Waals surface area contributed by atoms with Crippen LogP contribution >= 0.6 is 0 Å². The second-order valence-corrected chi connectivity index (χ2v) is 12.2. The zero-order valence-electron chi connectivity index (χ0n) is 22.9. The van der Waals surface area contributed by atoms with Crippen LogP contribution in [-0.4, -0.2) is 67.6 Å². The molecule has 0 saturated carbocycles. The molecule has 5 rings (SSSR count). The number of nitrogens with zero attached hydrogens (tertiary/aromatic N) is 4. The van der Waals surface area contributed by atoms with Gasteiger partial charge >= 0.3 is 0 Å². The van der Waals surface area contributed by atoms with Gasteiger partial charge in [-0.3, -0.25) is 9.78 Å². The summed E-state index contributed by atoms with van der Waals surface area (Å²) in [5.74, 6) is -2.84. The number of hydrogen-bond acceptors (Lipinski definition) is 8. The minimum absolute atomic E-state index is 0.104. The number of fused-ring (bicyclic) bond motifs is 1. The van der Waals surface area contributed by atoms with Crippen LogP contribution < -0.4 is 15.5 Å². The summed E-state index contributed by atoms with van der Waals surface area (Å²) in [5.41, 5.74) is 3.11. The highest BCUT2D eigenvalue weighted by molar-refractivity contribution is 7.90. The van der Waals surface area contributed by atoms with Gasteiger partial charge in [-0.15, -0.1) is 0 Å². The first-order valence-corrected chi connectivity index (χ1v) is 15.0. The molecule has 1 atom stereocenters. The number of carbonyl (C=O) groups is 1. The molecule has 1 saturated heterocycles. The third kappa shape index (κ3) is 6.18. The maximum absolute atomic E-state index is 14.5. The Hall–Kier alpha value is -4.03. The van der Waals surface area contributed by atoms with Crippen LogP contribution in [-0.2, 0) is 16.4 Å². The van der Waals surface area contributed by atoms with E-state index in [0.717, 1.165) is 11.6 Å². The van der Waals surface area contributed by atoms with E-state index in [1.165, 1.54) is 6.07 Å². The van der Waals surface area contributed by atoms with Gasteiger partial charge in [0.2, 0.25) is 0 Å². The Kier molecular flexibility index (Phi) is 7.71. The molecule has 41 heavy (non-hydrogen) atoms. The lowest BCUT2D eigenvalue weighted by Crippen LogP contribution is -2.56. The van der Waals surface area contributed by atoms with Gasteiger partial charge in [0.25, 0.3) is 11.8 Å². The summed E-state index contributed by atoms with van der Waals surface area (Å²) in [5, 5.41) is 6.26. The van der Waals surface area contributed by atoms with E-state index in [1.807, 2.05) is 6.07 Å². The monoisotopic (exact) mass is 580 g/mol. The van der Waals surface area contributed by atoms with E-state index in [1.54, 1.807) is 67.5 Å². The normalized spacial score (nSPS) is 17.0. The molecule has 1 aromatic carbocycles. The molecule has 1 aliphatic heterocycles. The van der Waals surface area contributed by atoms with Gasteiger partial charge in [-0.1, -0.05) is 12.1 Å².